The van der Waals surface area contributed by atoms with Crippen LogP contribution in [0, 0.1) is 6.92 Å². The van der Waals surface area contributed by atoms with E-state index in [2.05, 4.69) is 11.6 Å². The van der Waals surface area contributed by atoms with E-state index in [1.165, 1.54) is 0 Å². The molecule has 3 N–H and O–H groups in total. The van der Waals surface area contributed by atoms with E-state index in [9.17, 15) is 8.42 Å². The van der Waals surface area contributed by atoms with Crippen LogP contribution in [0.4, 0.5) is 0 Å². The van der Waals surface area contributed by atoms with Gasteiger partial charge in [0.05, 0.1) is 4.90 Å². The van der Waals surface area contributed by atoms with Gasteiger partial charge in [-0.15, -0.1) is 0 Å². The molecule has 0 amide bonds. The Labute approximate surface area is 110 Å². The Kier molecular flexibility index (Phi) is 5.78. The third kappa shape index (κ3) is 4.08. The second-order valence-corrected chi connectivity index (χ2v) is 6.14. The molecule has 5 heteroatoms. The number of aryl methyl sites for hydroxylation is 1. The Balaban J connectivity index is 2.83. The van der Waals surface area contributed by atoms with Gasteiger partial charge in [-0.05, 0) is 30.5 Å². The van der Waals surface area contributed by atoms with Gasteiger partial charge in [-0.3, -0.25) is 0 Å². The molecule has 0 atom stereocenters. The maximum atomic E-state index is 12.1. The fraction of sp³-hybridized carbons (Fsp3) is 0.538. The third-order valence-corrected chi connectivity index (χ3v) is 4.45. The first-order valence-electron chi connectivity index (χ1n) is 6.30. The summed E-state index contributed by atoms with van der Waals surface area (Å²) >= 11 is 0. The van der Waals surface area contributed by atoms with Gasteiger partial charge in [0.1, 0.15) is 0 Å². The van der Waals surface area contributed by atoms with E-state index in [1.54, 1.807) is 19.1 Å². The summed E-state index contributed by atoms with van der Waals surface area (Å²) in [6.45, 7) is 4.71. The summed E-state index contributed by atoms with van der Waals surface area (Å²) in [6.07, 6.45) is 2.97. The van der Waals surface area contributed by atoms with E-state index in [0.717, 1.165) is 30.4 Å². The largest absolute Gasteiger partial charge is 0.326 e. The Morgan fingerprint density at radius 3 is 2.61 bits per heavy atom. The van der Waals surface area contributed by atoms with Crippen LogP contribution in [-0.4, -0.2) is 15.0 Å². The molecule has 0 saturated heterocycles. The normalized spacial score (nSPS) is 11.7. The molecule has 0 heterocycles. The minimum Gasteiger partial charge on any atom is -0.326 e. The first kappa shape index (κ1) is 15.1. The first-order chi connectivity index (χ1) is 8.51. The second-order valence-electron chi connectivity index (χ2n) is 4.41. The lowest BCUT2D eigenvalue weighted by Gasteiger charge is -2.10. The maximum Gasteiger partial charge on any atom is 0.240 e. The van der Waals surface area contributed by atoms with Crippen molar-refractivity contribution in [3.05, 3.63) is 29.3 Å². The molecule has 0 aromatic heterocycles. The van der Waals surface area contributed by atoms with E-state index in [1.807, 2.05) is 6.07 Å². The topological polar surface area (TPSA) is 72.2 Å². The fourth-order valence-corrected chi connectivity index (χ4v) is 3.09. The summed E-state index contributed by atoms with van der Waals surface area (Å²) < 4.78 is 26.9. The van der Waals surface area contributed by atoms with Gasteiger partial charge in [-0.2, -0.15) is 0 Å². The highest BCUT2D eigenvalue weighted by Crippen LogP contribution is 2.16. The number of nitrogens with one attached hydrogen (secondary N) is 1. The summed E-state index contributed by atoms with van der Waals surface area (Å²) in [4.78, 5) is 0.335. The van der Waals surface area contributed by atoms with Gasteiger partial charge < -0.3 is 5.73 Å². The van der Waals surface area contributed by atoms with Crippen LogP contribution in [-0.2, 0) is 16.6 Å². The van der Waals surface area contributed by atoms with Gasteiger partial charge in [0, 0.05) is 13.1 Å². The lowest BCUT2D eigenvalue weighted by molar-refractivity contribution is 0.575. The number of hydrogen-bond acceptors (Lipinski definition) is 3. The molecule has 0 radical (unpaired) electrons. The van der Waals surface area contributed by atoms with Crippen LogP contribution >= 0.6 is 0 Å². The van der Waals surface area contributed by atoms with E-state index < -0.39 is 10.0 Å². The van der Waals surface area contributed by atoms with Crippen LogP contribution in [0.25, 0.3) is 0 Å². The van der Waals surface area contributed by atoms with Crippen molar-refractivity contribution in [3.63, 3.8) is 0 Å². The molecular formula is C13H22N2O2S. The molecule has 1 rings (SSSR count). The van der Waals surface area contributed by atoms with Crippen molar-refractivity contribution in [1.29, 1.82) is 0 Å². The van der Waals surface area contributed by atoms with E-state index in [4.69, 9.17) is 5.73 Å². The van der Waals surface area contributed by atoms with Gasteiger partial charge >= 0.3 is 0 Å². The molecule has 0 fully saturated rings. The van der Waals surface area contributed by atoms with Crippen LogP contribution in [0.1, 0.15) is 37.3 Å². The van der Waals surface area contributed by atoms with Crippen molar-refractivity contribution in [2.24, 2.45) is 5.73 Å². The fourth-order valence-electron chi connectivity index (χ4n) is 1.72. The van der Waals surface area contributed by atoms with Crippen molar-refractivity contribution < 1.29 is 8.42 Å². The molecule has 0 aliphatic rings. The Morgan fingerprint density at radius 2 is 2.00 bits per heavy atom. The molecule has 1 aromatic rings. The molecular weight excluding hydrogens is 248 g/mol. The minimum absolute atomic E-state index is 0.335. The summed E-state index contributed by atoms with van der Waals surface area (Å²) in [6, 6.07) is 5.30. The highest BCUT2D eigenvalue weighted by atomic mass is 32.2. The SMILES string of the molecule is CCCCCNS(=O)(=O)c1cc(CN)ccc1C. The molecule has 18 heavy (non-hydrogen) atoms. The summed E-state index contributed by atoms with van der Waals surface area (Å²) in [5.41, 5.74) is 7.11. The number of nitrogens with two attached hydrogens (primary N) is 1. The van der Waals surface area contributed by atoms with Crippen LogP contribution in [0.15, 0.2) is 23.1 Å². The molecule has 1 aromatic carbocycles. The Morgan fingerprint density at radius 1 is 1.28 bits per heavy atom. The van der Waals surface area contributed by atoms with Gasteiger partial charge in [0.15, 0.2) is 0 Å². The van der Waals surface area contributed by atoms with Gasteiger partial charge in [0.2, 0.25) is 10.0 Å². The van der Waals surface area contributed by atoms with E-state index in [-0.39, 0.29) is 0 Å². The second kappa shape index (κ2) is 6.87. The van der Waals surface area contributed by atoms with Gasteiger partial charge in [-0.1, -0.05) is 31.9 Å². The van der Waals surface area contributed by atoms with Crippen LogP contribution in [0.5, 0.6) is 0 Å². The Bertz CT molecular complexity index is 484. The molecule has 0 aliphatic carbocycles. The standard InChI is InChI=1S/C13H22N2O2S/c1-3-4-5-8-15-18(16,17)13-9-12(10-14)7-6-11(13)2/h6-7,9,15H,3-5,8,10,14H2,1-2H3. The zero-order valence-electron chi connectivity index (χ0n) is 11.1. The van der Waals surface area contributed by atoms with Crippen LogP contribution in [0.2, 0.25) is 0 Å². The molecule has 102 valence electrons. The molecule has 0 unspecified atom stereocenters. The van der Waals surface area contributed by atoms with Crippen LogP contribution in [0.3, 0.4) is 0 Å². The van der Waals surface area contributed by atoms with Crippen molar-refractivity contribution in [1.82, 2.24) is 4.72 Å². The summed E-state index contributed by atoms with van der Waals surface area (Å²) in [7, 11) is -3.41. The predicted molar refractivity (Wildman–Crippen MR) is 73.8 cm³/mol. The molecule has 0 aliphatic heterocycles. The predicted octanol–water partition coefficient (Wildman–Crippen LogP) is 1.92. The third-order valence-electron chi connectivity index (χ3n) is 2.85. The van der Waals surface area contributed by atoms with Crippen LogP contribution < -0.4 is 10.5 Å². The number of unbranched alkanes of at least 4 members (excludes halogenated alkanes) is 2. The zero-order chi connectivity index (χ0) is 13.6. The minimum atomic E-state index is -3.41. The summed E-state index contributed by atoms with van der Waals surface area (Å²) in [5, 5.41) is 0. The highest BCUT2D eigenvalue weighted by Gasteiger charge is 2.16. The Hall–Kier alpha value is -0.910. The molecule has 0 saturated carbocycles. The van der Waals surface area contributed by atoms with E-state index in [0.29, 0.717) is 18.0 Å². The first-order valence-corrected chi connectivity index (χ1v) is 7.79. The van der Waals surface area contributed by atoms with Crippen molar-refractivity contribution in [3.8, 4) is 0 Å². The van der Waals surface area contributed by atoms with Crippen molar-refractivity contribution in [2.75, 3.05) is 6.54 Å². The lowest BCUT2D eigenvalue weighted by Crippen LogP contribution is -2.25. The maximum absolute atomic E-state index is 12.1. The van der Waals surface area contributed by atoms with Crippen molar-refractivity contribution >= 4 is 10.0 Å². The molecule has 0 spiro atoms. The van der Waals surface area contributed by atoms with Gasteiger partial charge in [-0.25, -0.2) is 13.1 Å². The summed E-state index contributed by atoms with van der Waals surface area (Å²) in [5.74, 6) is 0. The van der Waals surface area contributed by atoms with E-state index >= 15 is 0 Å². The molecule has 4 nitrogen and oxygen atoms in total. The lowest BCUT2D eigenvalue weighted by atomic mass is 10.1. The molecule has 0 bridgehead atoms. The average molecular weight is 270 g/mol. The number of sulfonamides is 1. The number of benzene rings is 1. The smallest absolute Gasteiger partial charge is 0.240 e. The monoisotopic (exact) mass is 270 g/mol. The van der Waals surface area contributed by atoms with Crippen molar-refractivity contribution in [2.45, 2.75) is 44.6 Å². The van der Waals surface area contributed by atoms with Gasteiger partial charge in [0.25, 0.3) is 0 Å². The zero-order valence-corrected chi connectivity index (χ0v) is 11.9. The quantitative estimate of drug-likeness (QED) is 0.744. The highest BCUT2D eigenvalue weighted by molar-refractivity contribution is 7.89. The number of hydrogen-bond donors (Lipinski definition) is 2. The number of rotatable bonds is 7. The average Bonchev–Trinajstić information content (AvgIpc) is 2.35.